The van der Waals surface area contributed by atoms with Crippen LogP contribution in [0.2, 0.25) is 0 Å². The minimum atomic E-state index is -1.00. The molecule has 30 heteroatoms. The van der Waals surface area contributed by atoms with Gasteiger partial charge >= 0.3 is 17.7 Å². The van der Waals surface area contributed by atoms with E-state index in [2.05, 4.69) is 50.0 Å². The lowest BCUT2D eigenvalue weighted by molar-refractivity contribution is 0.0696. The number of primary amides is 1. The number of alkyl halides is 1. The molecule has 0 aliphatic heterocycles. The lowest BCUT2D eigenvalue weighted by atomic mass is 9.98. The number of amidine groups is 1. The van der Waals surface area contributed by atoms with Crippen LogP contribution in [-0.2, 0) is 38.8 Å². The number of nitrogens with zero attached hydrogens (tertiary/aromatic N) is 8. The van der Waals surface area contributed by atoms with E-state index in [-0.39, 0.29) is 86.5 Å². The first kappa shape index (κ1) is 73.0. The Balaban J connectivity index is 0.000000184. The maximum atomic E-state index is 13.3. The van der Waals surface area contributed by atoms with Crippen molar-refractivity contribution in [1.82, 2.24) is 64.0 Å². The van der Waals surface area contributed by atoms with Crippen LogP contribution in [0.5, 0.6) is 23.0 Å². The van der Waals surface area contributed by atoms with E-state index in [1.165, 1.54) is 16.7 Å². The number of hydrogen-bond acceptors (Lipinski definition) is 17. The molecule has 18 N–H and O–H groups in total. The molecule has 0 aliphatic carbocycles. The predicted octanol–water partition coefficient (Wildman–Crippen LogP) is 9.63. The first-order valence-electron chi connectivity index (χ1n) is 33.9. The van der Waals surface area contributed by atoms with E-state index in [1.54, 1.807) is 78.9 Å². The van der Waals surface area contributed by atoms with Crippen LogP contribution in [-0.4, -0.2) is 142 Å². The number of anilines is 3. The van der Waals surface area contributed by atoms with Crippen molar-refractivity contribution in [2.24, 2.45) is 5.73 Å². The highest BCUT2D eigenvalue weighted by Crippen LogP contribution is 2.38. The van der Waals surface area contributed by atoms with Crippen LogP contribution in [0.15, 0.2) is 160 Å². The number of halogens is 1. The molecule has 105 heavy (non-hydrogen) atoms. The molecule has 0 saturated heterocycles. The third-order valence-electron chi connectivity index (χ3n) is 17.8. The van der Waals surface area contributed by atoms with Crippen molar-refractivity contribution < 1.29 is 45.7 Å². The number of carboxylic acid groups (broad SMARTS) is 1. The number of hydrogen-bond donors (Lipinski definition) is 15. The number of urea groups is 1. The Labute approximate surface area is 600 Å². The molecule has 7 heterocycles. The minimum Gasteiger partial charge on any atom is -0.508 e. The molecule has 7 aromatic heterocycles. The maximum absolute atomic E-state index is 13.3. The second kappa shape index (κ2) is 32.2. The normalized spacial score (nSPS) is 11.3. The lowest BCUT2D eigenvalue weighted by Gasteiger charge is -2.23. The Morgan fingerprint density at radius 1 is 0.667 bits per heavy atom. The number of phenols is 4. The Morgan fingerprint density at radius 3 is 1.71 bits per heavy atom. The summed E-state index contributed by atoms with van der Waals surface area (Å²) in [6.07, 6.45) is 10.0. The number of aromatic carboxylic acids is 1. The van der Waals surface area contributed by atoms with E-state index in [0.29, 0.717) is 94.5 Å². The van der Waals surface area contributed by atoms with E-state index in [4.69, 9.17) is 29.1 Å². The Bertz CT molecular complexity index is 5580. The van der Waals surface area contributed by atoms with Gasteiger partial charge in [-0.25, -0.2) is 28.9 Å². The monoisotopic (exact) mass is 1430 g/mol. The van der Waals surface area contributed by atoms with Gasteiger partial charge in [-0.05, 0) is 163 Å². The molecule has 0 bridgehead atoms. The lowest BCUT2D eigenvalue weighted by Crippen LogP contribution is -2.41. The number of amides is 3. The number of nitrogens with one attached hydrogen (secondary N) is 7. The van der Waals surface area contributed by atoms with Crippen molar-refractivity contribution in [3.8, 4) is 40.1 Å². The van der Waals surface area contributed by atoms with Gasteiger partial charge in [-0.3, -0.25) is 34.2 Å². The highest BCUT2D eigenvalue weighted by Gasteiger charge is 2.26. The van der Waals surface area contributed by atoms with Crippen LogP contribution >= 0.6 is 0 Å². The summed E-state index contributed by atoms with van der Waals surface area (Å²) in [7, 11) is 2.66. The smallest absolute Gasteiger partial charge is 0.348 e. The SMILES string of the molecule is CC(C)c1cc(C(=N)N(C(N)=O)c2ccc3c(ccn3CCN(C)C(=O)c3ccc(CCc4c[nH]c5nc(N)[nH]c(=O)c45)cc3)c2)c(O)cc1O.CNCCn1ccc2cc(-n3c(-c4cc(C(C)C)c(O)cc4O)n[nH]c3=O)ccc21.Nc1nc2[nH]cc(CCc3ccc(C(=O)O)cc3)c2c(=O)[nH]1.[2H]CF. The van der Waals surface area contributed by atoms with Gasteiger partial charge in [0.15, 0.2) is 5.82 Å². The van der Waals surface area contributed by atoms with Crippen molar-refractivity contribution >= 4 is 85.2 Å². The van der Waals surface area contributed by atoms with E-state index < -0.39 is 24.8 Å². The molecule has 544 valence electrons. The summed E-state index contributed by atoms with van der Waals surface area (Å²) in [6, 6.07) is 33.7. The average Bonchev–Trinajstić information content (AvgIpc) is 1.53. The fourth-order valence-corrected chi connectivity index (χ4v) is 12.4. The van der Waals surface area contributed by atoms with E-state index >= 15 is 0 Å². The third kappa shape index (κ3) is 16.4. The van der Waals surface area contributed by atoms with Crippen molar-refractivity contribution in [3.63, 3.8) is 0 Å². The van der Waals surface area contributed by atoms with Crippen molar-refractivity contribution in [2.75, 3.05) is 50.7 Å². The number of phenolic OH excluding ortho intramolecular Hbond substituents is 4. The maximum Gasteiger partial charge on any atom is 0.348 e. The van der Waals surface area contributed by atoms with E-state index in [1.807, 2.05) is 100 Å². The minimum absolute atomic E-state index is 0.0139. The predicted molar refractivity (Wildman–Crippen MR) is 402 cm³/mol. The van der Waals surface area contributed by atoms with E-state index in [9.17, 15) is 53.6 Å². The van der Waals surface area contributed by atoms with Crippen LogP contribution in [0.1, 0.15) is 101 Å². The van der Waals surface area contributed by atoms with Crippen LogP contribution < -0.4 is 44.2 Å². The molecule has 3 amide bonds. The van der Waals surface area contributed by atoms with Crippen LogP contribution in [0, 0.1) is 5.41 Å². The molecule has 13 aromatic rings. The highest BCUT2D eigenvalue weighted by molar-refractivity contribution is 6.23. The van der Waals surface area contributed by atoms with Crippen LogP contribution in [0.4, 0.5) is 26.8 Å². The molecule has 6 aromatic carbocycles. The molecular weight excluding hydrogens is 1350 g/mol. The molecule has 13 rings (SSSR count). The van der Waals surface area contributed by atoms with Gasteiger partial charge in [0.1, 0.15) is 40.1 Å². The zero-order valence-electron chi connectivity index (χ0n) is 59.2. The molecule has 0 saturated carbocycles. The molecular formula is C75H81FN18O11. The quantitative estimate of drug-likeness (QED) is 0.0249. The topological polar surface area (TPSA) is 456 Å². The number of likely N-dealkylation sites (N-methyl/N-ethyl adjacent to an activating group) is 2. The van der Waals surface area contributed by atoms with Crippen LogP contribution in [0.25, 0.3) is 60.9 Å². The number of nitrogen functional groups attached to an aromatic ring is 2. The number of rotatable bonds is 20. The van der Waals surface area contributed by atoms with Gasteiger partial charge in [-0.1, -0.05) is 52.0 Å². The van der Waals surface area contributed by atoms with Gasteiger partial charge in [0.25, 0.3) is 17.0 Å². The second-order valence-electron chi connectivity index (χ2n) is 25.4. The Kier molecular flexibility index (Phi) is 22.4. The zero-order valence-corrected chi connectivity index (χ0v) is 58.2. The molecule has 0 atom stereocenters. The number of H-pyrrole nitrogens is 5. The Morgan fingerprint density at radius 2 is 1.18 bits per heavy atom. The molecule has 0 spiro atoms. The first-order chi connectivity index (χ1) is 50.7. The summed E-state index contributed by atoms with van der Waals surface area (Å²) in [5.41, 5.74) is 25.9. The fourth-order valence-electron chi connectivity index (χ4n) is 12.4. The summed E-state index contributed by atoms with van der Waals surface area (Å²) in [5.74, 6) is -1.60. The number of nitrogens with two attached hydrogens (primary N) is 3. The summed E-state index contributed by atoms with van der Waals surface area (Å²) in [5, 5.41) is 71.5. The Hall–Kier alpha value is -13.3. The first-order valence-corrected chi connectivity index (χ1v) is 33.2. The summed E-state index contributed by atoms with van der Waals surface area (Å²) in [6.45, 7) is 10.3. The zero-order chi connectivity index (χ0) is 76.4. The number of aryl methyl sites for hydroxylation is 4. The number of aromatic amines is 5. The summed E-state index contributed by atoms with van der Waals surface area (Å²) >= 11 is 0. The van der Waals surface area contributed by atoms with Gasteiger partial charge in [0, 0.05) is 97.5 Å². The second-order valence-corrected chi connectivity index (χ2v) is 25.4. The van der Waals surface area contributed by atoms with Crippen molar-refractivity contribution in [3.05, 3.63) is 227 Å². The largest absolute Gasteiger partial charge is 0.508 e. The van der Waals surface area contributed by atoms with Crippen LogP contribution in [0.3, 0.4) is 0 Å². The molecule has 0 unspecified atom stereocenters. The number of aromatic nitrogens is 11. The van der Waals surface area contributed by atoms with Gasteiger partial charge in [0.2, 0.25) is 11.9 Å². The van der Waals surface area contributed by atoms with Gasteiger partial charge in [0.05, 0.1) is 47.4 Å². The number of fused-ring (bicyclic) bond motifs is 4. The molecule has 29 nitrogen and oxygen atoms in total. The average molecular weight is 1430 g/mol. The van der Waals surface area contributed by atoms with Crippen molar-refractivity contribution in [1.29, 1.82) is 5.41 Å². The number of aromatic hydroxyl groups is 4. The van der Waals surface area contributed by atoms with Gasteiger partial charge < -0.3 is 72.1 Å². The number of carbonyl (C=O) groups is 3. The molecule has 0 radical (unpaired) electrons. The highest BCUT2D eigenvalue weighted by atomic mass is 19.1. The number of carboxylic acids is 1. The van der Waals surface area contributed by atoms with Gasteiger partial charge in [-0.2, -0.15) is 15.1 Å². The van der Waals surface area contributed by atoms with Gasteiger partial charge in [-0.15, -0.1) is 0 Å². The number of benzene rings is 6. The third-order valence-corrected chi connectivity index (χ3v) is 17.8. The summed E-state index contributed by atoms with van der Waals surface area (Å²) < 4.78 is 21.1. The standard InChI is InChI=1S/C37H39N9O5.C22H25N5O3.C15H14N4O3.CH3F/c1-20(2)26-17-27(30(48)18-29(26)47)32(38)46(37(40)51)25-10-11-28-23(16-25)12-13-45(28)15-14-44(3)35(50)22-7-4-21(5-8-22)6-9-24-19-41-33-31(24)34(49)43-36(39)42-33;1-13(2)16-11-17(20(29)12-19(16)28)21-24-25-22(30)27(21)15-4-5-18-14(10-15)6-8-26(18)9-7-23-3;16-15-18-12-11(13(20)19-15)10(7-17-12)6-3-8-1-4-9(5-2-8)14(21)22;1-2/h4-5,7-8,10-13,16-20,38,47-48H,6,9,14-15H2,1-3H3,(H2,40,51)(H4,39,41,42,43,49);4-6,8,10-13,23,28-29H,7,9H2,1-3H3,(H,25,30);1-2,4-5,7H,3,6H2,(H,21,22)(H4,16,17,18,19,20);1H3/i;;;1D. The van der Waals surface area contributed by atoms with E-state index in [0.717, 1.165) is 68.1 Å². The fraction of sp³-hybridized carbons (Fsp3) is 0.227. The van der Waals surface area contributed by atoms with Crippen molar-refractivity contribution in [2.45, 2.75) is 78.3 Å². The summed E-state index contributed by atoms with van der Waals surface area (Å²) in [4.78, 5) is 95.3. The number of carbonyl (C=O) groups excluding carboxylic acids is 2. The molecule has 0 fully saturated rings. The molecule has 0 aliphatic rings.